The van der Waals surface area contributed by atoms with Gasteiger partial charge in [0.1, 0.15) is 0 Å². The lowest BCUT2D eigenvalue weighted by molar-refractivity contribution is -0.137. The van der Waals surface area contributed by atoms with Crippen molar-refractivity contribution in [3.63, 3.8) is 0 Å². The Hall–Kier alpha value is -0.610. The van der Waals surface area contributed by atoms with Gasteiger partial charge in [0.2, 0.25) is 0 Å². The molecule has 0 aliphatic carbocycles. The summed E-state index contributed by atoms with van der Waals surface area (Å²) >= 11 is 0. The van der Waals surface area contributed by atoms with Crippen LogP contribution in [0, 0.1) is 0 Å². The molecule has 1 fully saturated rings. The molecule has 0 radical (unpaired) electrons. The van der Waals surface area contributed by atoms with Gasteiger partial charge in [-0.3, -0.25) is 9.69 Å². The lowest BCUT2D eigenvalue weighted by atomic mass is 10.0. The summed E-state index contributed by atoms with van der Waals surface area (Å²) in [7, 11) is 0. The van der Waals surface area contributed by atoms with Gasteiger partial charge in [-0.25, -0.2) is 0 Å². The molecule has 0 aromatic heterocycles. The number of ether oxygens (including phenoxy) is 1. The zero-order chi connectivity index (χ0) is 11.1. The van der Waals surface area contributed by atoms with Crippen LogP contribution < -0.4 is 0 Å². The van der Waals surface area contributed by atoms with E-state index in [1.807, 2.05) is 6.92 Å². The largest absolute Gasteiger partial charge is 0.481 e. The normalized spacial score (nSPS) is 22.9. The highest BCUT2D eigenvalue weighted by Crippen LogP contribution is 2.17. The minimum atomic E-state index is -0.712. The SMILES string of the molecule is CCOCC1CCCCN1CCC(=O)O. The molecule has 0 aromatic rings. The van der Waals surface area contributed by atoms with Gasteiger partial charge in [0.05, 0.1) is 13.0 Å². The number of piperidine rings is 1. The Morgan fingerprint density at radius 2 is 2.33 bits per heavy atom. The minimum Gasteiger partial charge on any atom is -0.481 e. The molecule has 4 nitrogen and oxygen atoms in total. The lowest BCUT2D eigenvalue weighted by Gasteiger charge is -2.35. The maximum Gasteiger partial charge on any atom is 0.304 e. The molecule has 1 atom stereocenters. The summed E-state index contributed by atoms with van der Waals surface area (Å²) in [6.45, 7) is 5.15. The van der Waals surface area contributed by atoms with E-state index < -0.39 is 5.97 Å². The van der Waals surface area contributed by atoms with E-state index in [0.29, 0.717) is 12.6 Å². The van der Waals surface area contributed by atoms with Crippen molar-refractivity contribution in [1.29, 1.82) is 0 Å². The van der Waals surface area contributed by atoms with Crippen LogP contribution in [0.2, 0.25) is 0 Å². The van der Waals surface area contributed by atoms with Gasteiger partial charge in [-0.2, -0.15) is 0 Å². The first-order chi connectivity index (χ1) is 7.24. The average molecular weight is 215 g/mol. The number of likely N-dealkylation sites (tertiary alicyclic amines) is 1. The van der Waals surface area contributed by atoms with E-state index in [1.54, 1.807) is 0 Å². The number of nitrogens with zero attached hydrogens (tertiary/aromatic N) is 1. The highest BCUT2D eigenvalue weighted by atomic mass is 16.5. The van der Waals surface area contributed by atoms with Crippen LogP contribution in [0.1, 0.15) is 32.6 Å². The van der Waals surface area contributed by atoms with Crippen LogP contribution in [-0.4, -0.2) is 48.3 Å². The maximum absolute atomic E-state index is 10.5. The van der Waals surface area contributed by atoms with E-state index in [2.05, 4.69) is 4.90 Å². The first-order valence-electron chi connectivity index (χ1n) is 5.77. The van der Waals surface area contributed by atoms with Crippen LogP contribution in [0.4, 0.5) is 0 Å². The van der Waals surface area contributed by atoms with Gasteiger partial charge in [0.25, 0.3) is 0 Å². The Morgan fingerprint density at radius 1 is 1.53 bits per heavy atom. The summed E-state index contributed by atoms with van der Waals surface area (Å²) < 4.78 is 5.42. The third-order valence-electron chi connectivity index (χ3n) is 2.88. The number of carboxylic acid groups (broad SMARTS) is 1. The smallest absolute Gasteiger partial charge is 0.304 e. The molecule has 0 bridgehead atoms. The third kappa shape index (κ3) is 4.62. The third-order valence-corrected chi connectivity index (χ3v) is 2.88. The summed E-state index contributed by atoms with van der Waals surface area (Å²) in [6.07, 6.45) is 3.80. The second kappa shape index (κ2) is 6.80. The van der Waals surface area contributed by atoms with Crippen LogP contribution in [0.3, 0.4) is 0 Å². The van der Waals surface area contributed by atoms with E-state index in [-0.39, 0.29) is 6.42 Å². The molecule has 0 saturated carbocycles. The number of rotatable bonds is 6. The van der Waals surface area contributed by atoms with Crippen molar-refractivity contribution in [1.82, 2.24) is 4.90 Å². The molecule has 88 valence electrons. The second-order valence-electron chi connectivity index (χ2n) is 3.99. The highest BCUT2D eigenvalue weighted by molar-refractivity contribution is 5.66. The molecular formula is C11H21NO3. The maximum atomic E-state index is 10.5. The molecule has 0 amide bonds. The summed E-state index contributed by atoms with van der Waals surface area (Å²) in [5.41, 5.74) is 0. The average Bonchev–Trinajstić information content (AvgIpc) is 2.24. The molecule has 1 heterocycles. The quantitative estimate of drug-likeness (QED) is 0.726. The lowest BCUT2D eigenvalue weighted by Crippen LogP contribution is -2.43. The Morgan fingerprint density at radius 3 is 3.00 bits per heavy atom. The van der Waals surface area contributed by atoms with Crippen LogP contribution in [0.15, 0.2) is 0 Å². The number of carboxylic acids is 1. The van der Waals surface area contributed by atoms with Crippen molar-refractivity contribution < 1.29 is 14.6 Å². The van der Waals surface area contributed by atoms with Crippen LogP contribution in [-0.2, 0) is 9.53 Å². The Bertz CT molecular complexity index is 196. The summed E-state index contributed by atoms with van der Waals surface area (Å²) in [6, 6.07) is 0.429. The van der Waals surface area contributed by atoms with Gasteiger partial charge in [0.15, 0.2) is 0 Å². The van der Waals surface area contributed by atoms with E-state index >= 15 is 0 Å². The van der Waals surface area contributed by atoms with Gasteiger partial charge in [-0.1, -0.05) is 6.42 Å². The molecule has 15 heavy (non-hydrogen) atoms. The van der Waals surface area contributed by atoms with Gasteiger partial charge in [0, 0.05) is 19.2 Å². The fraction of sp³-hybridized carbons (Fsp3) is 0.909. The Labute approximate surface area is 91.2 Å². The van der Waals surface area contributed by atoms with Crippen molar-refractivity contribution in [2.45, 2.75) is 38.6 Å². The molecule has 1 saturated heterocycles. The van der Waals surface area contributed by atoms with Gasteiger partial charge < -0.3 is 9.84 Å². The molecule has 1 unspecified atom stereocenters. The number of carbonyl (C=O) groups is 1. The minimum absolute atomic E-state index is 0.239. The van der Waals surface area contributed by atoms with E-state index in [0.717, 1.165) is 26.2 Å². The van der Waals surface area contributed by atoms with Crippen molar-refractivity contribution >= 4 is 5.97 Å². The Balaban J connectivity index is 2.32. The fourth-order valence-electron chi connectivity index (χ4n) is 2.04. The molecule has 1 aliphatic rings. The standard InChI is InChI=1S/C11H21NO3/c1-2-15-9-10-5-3-4-7-12(10)8-6-11(13)14/h10H,2-9H2,1H3,(H,13,14). The first kappa shape index (κ1) is 12.5. The van der Waals surface area contributed by atoms with Gasteiger partial charge >= 0.3 is 5.97 Å². The highest BCUT2D eigenvalue weighted by Gasteiger charge is 2.22. The monoisotopic (exact) mass is 215 g/mol. The zero-order valence-electron chi connectivity index (χ0n) is 9.45. The van der Waals surface area contributed by atoms with Crippen LogP contribution in [0.5, 0.6) is 0 Å². The molecule has 1 rings (SSSR count). The molecule has 1 N–H and O–H groups in total. The molecule has 0 aromatic carbocycles. The number of hydrogen-bond acceptors (Lipinski definition) is 3. The molecular weight excluding hydrogens is 194 g/mol. The van der Waals surface area contributed by atoms with Gasteiger partial charge in [-0.05, 0) is 26.3 Å². The van der Waals surface area contributed by atoms with Crippen molar-refractivity contribution in [2.24, 2.45) is 0 Å². The second-order valence-corrected chi connectivity index (χ2v) is 3.99. The summed E-state index contributed by atoms with van der Waals surface area (Å²) in [5, 5.41) is 8.65. The van der Waals surface area contributed by atoms with Crippen LogP contribution >= 0.6 is 0 Å². The predicted octanol–water partition coefficient (Wildman–Crippen LogP) is 1.35. The van der Waals surface area contributed by atoms with Crippen molar-refractivity contribution in [2.75, 3.05) is 26.3 Å². The molecule has 0 spiro atoms. The first-order valence-corrected chi connectivity index (χ1v) is 5.77. The van der Waals surface area contributed by atoms with Gasteiger partial charge in [-0.15, -0.1) is 0 Å². The Kier molecular flexibility index (Phi) is 5.65. The molecule has 1 aliphatic heterocycles. The fourth-order valence-corrected chi connectivity index (χ4v) is 2.04. The van der Waals surface area contributed by atoms with Crippen molar-refractivity contribution in [3.05, 3.63) is 0 Å². The zero-order valence-corrected chi connectivity index (χ0v) is 9.45. The summed E-state index contributed by atoms with van der Waals surface area (Å²) in [5.74, 6) is -0.712. The summed E-state index contributed by atoms with van der Waals surface area (Å²) in [4.78, 5) is 12.8. The molecule has 4 heteroatoms. The van der Waals surface area contributed by atoms with E-state index in [9.17, 15) is 4.79 Å². The number of hydrogen-bond donors (Lipinski definition) is 1. The van der Waals surface area contributed by atoms with E-state index in [1.165, 1.54) is 12.8 Å². The van der Waals surface area contributed by atoms with Crippen LogP contribution in [0.25, 0.3) is 0 Å². The number of aliphatic carboxylic acids is 1. The predicted molar refractivity (Wildman–Crippen MR) is 58.0 cm³/mol. The van der Waals surface area contributed by atoms with Crippen molar-refractivity contribution in [3.8, 4) is 0 Å². The topological polar surface area (TPSA) is 49.8 Å². The van der Waals surface area contributed by atoms with E-state index in [4.69, 9.17) is 9.84 Å².